The first-order chi connectivity index (χ1) is 10.8. The summed E-state index contributed by atoms with van der Waals surface area (Å²) >= 11 is 0. The van der Waals surface area contributed by atoms with Crippen LogP contribution in [0.1, 0.15) is 106 Å². The van der Waals surface area contributed by atoms with Gasteiger partial charge in [-0.2, -0.15) is 0 Å². The zero-order chi connectivity index (χ0) is 17.3. The van der Waals surface area contributed by atoms with Crippen molar-refractivity contribution < 1.29 is 0 Å². The summed E-state index contributed by atoms with van der Waals surface area (Å²) in [6, 6.07) is 0. The fourth-order valence-corrected chi connectivity index (χ4v) is 7.29. The Bertz CT molecular complexity index is 368. The highest BCUT2D eigenvalue weighted by atomic mass is 14.6. The quantitative estimate of drug-likeness (QED) is 0.450. The molecule has 0 radical (unpaired) electrons. The molecule has 2 fully saturated rings. The maximum absolute atomic E-state index is 2.69. The van der Waals surface area contributed by atoms with Gasteiger partial charge < -0.3 is 0 Å². The van der Waals surface area contributed by atoms with Crippen molar-refractivity contribution in [2.75, 3.05) is 0 Å². The predicted octanol–water partition coefficient (Wildman–Crippen LogP) is 7.72. The van der Waals surface area contributed by atoms with E-state index >= 15 is 0 Å². The van der Waals surface area contributed by atoms with Gasteiger partial charge in [0.15, 0.2) is 0 Å². The van der Waals surface area contributed by atoms with Crippen LogP contribution >= 0.6 is 0 Å². The molecule has 0 heteroatoms. The summed E-state index contributed by atoms with van der Waals surface area (Å²) in [6.45, 7) is 17.6. The van der Waals surface area contributed by atoms with E-state index in [1.54, 1.807) is 0 Å². The predicted molar refractivity (Wildman–Crippen MR) is 104 cm³/mol. The zero-order valence-corrected chi connectivity index (χ0v) is 17.3. The van der Waals surface area contributed by atoms with Crippen molar-refractivity contribution in [3.63, 3.8) is 0 Å². The van der Waals surface area contributed by atoms with E-state index in [1.807, 2.05) is 0 Å². The highest BCUT2D eigenvalue weighted by Gasteiger charge is 2.55. The highest BCUT2D eigenvalue weighted by Crippen LogP contribution is 2.64. The normalized spacial score (nSPS) is 39.3. The summed E-state index contributed by atoms with van der Waals surface area (Å²) in [6.07, 6.45) is 13.0. The topological polar surface area (TPSA) is 0 Å². The van der Waals surface area contributed by atoms with Crippen LogP contribution in [-0.2, 0) is 0 Å². The van der Waals surface area contributed by atoms with E-state index in [0.29, 0.717) is 10.8 Å². The molecule has 5 unspecified atom stereocenters. The molecule has 2 rings (SSSR count). The van der Waals surface area contributed by atoms with Crippen molar-refractivity contribution in [3.05, 3.63) is 0 Å². The van der Waals surface area contributed by atoms with Gasteiger partial charge in [-0.05, 0) is 72.5 Å². The van der Waals surface area contributed by atoms with E-state index in [4.69, 9.17) is 0 Å². The van der Waals surface area contributed by atoms with Crippen molar-refractivity contribution in [1.82, 2.24) is 0 Å². The molecule has 0 aromatic heterocycles. The van der Waals surface area contributed by atoms with E-state index in [0.717, 1.165) is 29.6 Å². The molecule has 0 aromatic carbocycles. The van der Waals surface area contributed by atoms with Gasteiger partial charge in [-0.15, -0.1) is 0 Å². The van der Waals surface area contributed by atoms with Crippen LogP contribution in [0.3, 0.4) is 0 Å². The summed E-state index contributed by atoms with van der Waals surface area (Å²) in [5.74, 6) is 4.89. The minimum atomic E-state index is 0.546. The van der Waals surface area contributed by atoms with E-state index in [2.05, 4.69) is 48.5 Å². The lowest BCUT2D eigenvalue weighted by molar-refractivity contribution is -0.0473. The smallest absolute Gasteiger partial charge is 0.0264 e. The van der Waals surface area contributed by atoms with Gasteiger partial charge in [-0.1, -0.05) is 74.1 Å². The largest absolute Gasteiger partial charge is 0.0654 e. The first kappa shape index (κ1) is 19.3. The highest BCUT2D eigenvalue weighted by molar-refractivity contribution is 5.05. The Balaban J connectivity index is 2.21. The van der Waals surface area contributed by atoms with Crippen LogP contribution < -0.4 is 0 Å². The molecule has 0 saturated heterocycles. The molecular weight excluding hydrogens is 276 g/mol. The van der Waals surface area contributed by atoms with Crippen molar-refractivity contribution in [2.45, 2.75) is 106 Å². The molecule has 0 N–H and O–H groups in total. The molecule has 136 valence electrons. The third kappa shape index (κ3) is 3.52. The average Bonchev–Trinajstić information content (AvgIpc) is 2.83. The van der Waals surface area contributed by atoms with Gasteiger partial charge in [0.25, 0.3) is 0 Å². The molecule has 2 aliphatic rings. The molecule has 0 bridgehead atoms. The first-order valence-corrected chi connectivity index (χ1v) is 10.8. The lowest BCUT2D eigenvalue weighted by Crippen LogP contribution is -2.46. The van der Waals surface area contributed by atoms with Crippen LogP contribution in [0.2, 0.25) is 0 Å². The molecular formula is C23H44. The lowest BCUT2D eigenvalue weighted by atomic mass is 9.51. The molecule has 2 saturated carbocycles. The van der Waals surface area contributed by atoms with Crippen LogP contribution in [0.5, 0.6) is 0 Å². The second kappa shape index (κ2) is 7.49. The standard InChI is InChI=1S/C23H44/c1-8-11-17(4)19-12-13-21-18(10-3)20(14-16-23(19,21)7)22(5,6)15-9-2/h17-21H,8-16H2,1-7H3/t17?,18?,19-,20?,21?,23?/m1/s1. The van der Waals surface area contributed by atoms with Crippen LogP contribution in [-0.4, -0.2) is 0 Å². The Hall–Kier alpha value is 0. The molecule has 0 nitrogen and oxygen atoms in total. The van der Waals surface area contributed by atoms with Crippen LogP contribution in [0.4, 0.5) is 0 Å². The van der Waals surface area contributed by atoms with Crippen molar-refractivity contribution in [1.29, 1.82) is 0 Å². The summed E-state index contributed by atoms with van der Waals surface area (Å²) < 4.78 is 0. The van der Waals surface area contributed by atoms with E-state index in [-0.39, 0.29) is 0 Å². The molecule has 0 aliphatic heterocycles. The zero-order valence-electron chi connectivity index (χ0n) is 17.3. The third-order valence-corrected chi connectivity index (χ3v) is 8.31. The summed E-state index contributed by atoms with van der Waals surface area (Å²) in [5, 5.41) is 0. The van der Waals surface area contributed by atoms with Crippen LogP contribution in [0.15, 0.2) is 0 Å². The van der Waals surface area contributed by atoms with Gasteiger partial charge in [0, 0.05) is 0 Å². The summed E-state index contributed by atoms with van der Waals surface area (Å²) in [4.78, 5) is 0. The SMILES string of the molecule is CCCC(C)[C@H]1CCC2C(CC)C(C(C)(C)CCC)CCC21C. The summed E-state index contributed by atoms with van der Waals surface area (Å²) in [5.41, 5.74) is 1.19. The van der Waals surface area contributed by atoms with Crippen LogP contribution in [0.25, 0.3) is 0 Å². The van der Waals surface area contributed by atoms with Gasteiger partial charge in [0.05, 0.1) is 0 Å². The van der Waals surface area contributed by atoms with Crippen molar-refractivity contribution in [3.8, 4) is 0 Å². The van der Waals surface area contributed by atoms with Gasteiger partial charge >= 0.3 is 0 Å². The van der Waals surface area contributed by atoms with Gasteiger partial charge in [0.1, 0.15) is 0 Å². The average molecular weight is 321 g/mol. The fraction of sp³-hybridized carbons (Fsp3) is 1.00. The first-order valence-electron chi connectivity index (χ1n) is 10.8. The molecule has 2 aliphatic carbocycles. The summed E-state index contributed by atoms with van der Waals surface area (Å²) in [7, 11) is 0. The Kier molecular flexibility index (Phi) is 6.29. The molecule has 6 atom stereocenters. The van der Waals surface area contributed by atoms with Crippen molar-refractivity contribution in [2.24, 2.45) is 40.4 Å². The van der Waals surface area contributed by atoms with Crippen LogP contribution in [0, 0.1) is 40.4 Å². The van der Waals surface area contributed by atoms with Gasteiger partial charge in [-0.3, -0.25) is 0 Å². The number of hydrogen-bond acceptors (Lipinski definition) is 0. The maximum atomic E-state index is 2.69. The minimum absolute atomic E-state index is 0.546. The van der Waals surface area contributed by atoms with Crippen molar-refractivity contribution >= 4 is 0 Å². The number of hydrogen-bond donors (Lipinski definition) is 0. The monoisotopic (exact) mass is 320 g/mol. The molecule has 0 heterocycles. The third-order valence-electron chi connectivity index (χ3n) is 8.31. The lowest BCUT2D eigenvalue weighted by Gasteiger charge is -2.54. The Labute approximate surface area is 147 Å². The Morgan fingerprint density at radius 3 is 2.30 bits per heavy atom. The minimum Gasteiger partial charge on any atom is -0.0654 e. The number of fused-ring (bicyclic) bond motifs is 1. The Morgan fingerprint density at radius 1 is 1.04 bits per heavy atom. The van der Waals surface area contributed by atoms with E-state index in [1.165, 1.54) is 57.8 Å². The van der Waals surface area contributed by atoms with E-state index < -0.39 is 0 Å². The fourth-order valence-electron chi connectivity index (χ4n) is 7.29. The van der Waals surface area contributed by atoms with E-state index in [9.17, 15) is 0 Å². The molecule has 0 spiro atoms. The second-order valence-electron chi connectivity index (χ2n) is 10.0. The maximum Gasteiger partial charge on any atom is -0.0264 e. The van der Waals surface area contributed by atoms with Gasteiger partial charge in [0.2, 0.25) is 0 Å². The second-order valence-corrected chi connectivity index (χ2v) is 10.0. The molecule has 23 heavy (non-hydrogen) atoms. The molecule has 0 amide bonds. The van der Waals surface area contributed by atoms with Gasteiger partial charge in [-0.25, -0.2) is 0 Å². The number of rotatable bonds is 7. The molecule has 0 aromatic rings. The Morgan fingerprint density at radius 2 is 1.74 bits per heavy atom.